The Bertz CT molecular complexity index is 451. The molecule has 0 amide bonds. The summed E-state index contributed by atoms with van der Waals surface area (Å²) in [7, 11) is 0. The van der Waals surface area contributed by atoms with Crippen molar-refractivity contribution in [3.8, 4) is 0 Å². The van der Waals surface area contributed by atoms with E-state index in [4.69, 9.17) is 0 Å². The van der Waals surface area contributed by atoms with Crippen molar-refractivity contribution in [3.05, 3.63) is 37.5 Å². The maximum Gasteiger partial charge on any atom is 0 e. The first-order valence-electron chi connectivity index (χ1n) is 10.6. The SMILES string of the molecule is C=C.C=CC.CC1CCC2(C)C(=CCC3(C)CC2CCCCC3C)C1.[HH]. The molecule has 0 aromatic heterocycles. The molecule has 0 aromatic rings. The molecule has 0 heteroatoms. The Morgan fingerprint density at radius 3 is 2.36 bits per heavy atom. The van der Waals surface area contributed by atoms with Gasteiger partial charge in [0, 0.05) is 1.43 Å². The highest BCUT2D eigenvalue weighted by molar-refractivity contribution is 5.22. The van der Waals surface area contributed by atoms with E-state index < -0.39 is 0 Å². The van der Waals surface area contributed by atoms with Crippen molar-refractivity contribution in [1.29, 1.82) is 0 Å². The summed E-state index contributed by atoms with van der Waals surface area (Å²) in [6, 6.07) is 0. The van der Waals surface area contributed by atoms with Gasteiger partial charge in [0.15, 0.2) is 0 Å². The van der Waals surface area contributed by atoms with Crippen LogP contribution in [-0.4, -0.2) is 0 Å². The number of allylic oxidation sites excluding steroid dienone is 3. The quantitative estimate of drug-likeness (QED) is 0.385. The van der Waals surface area contributed by atoms with Gasteiger partial charge in [0.1, 0.15) is 0 Å². The van der Waals surface area contributed by atoms with Crippen molar-refractivity contribution in [2.75, 3.05) is 0 Å². The van der Waals surface area contributed by atoms with Gasteiger partial charge in [-0.2, -0.15) is 0 Å². The van der Waals surface area contributed by atoms with Crippen molar-refractivity contribution in [3.63, 3.8) is 0 Å². The van der Waals surface area contributed by atoms with Gasteiger partial charge < -0.3 is 0 Å². The second-order valence-electron chi connectivity index (χ2n) is 9.35. The van der Waals surface area contributed by atoms with Crippen LogP contribution in [0, 0.1) is 28.6 Å². The predicted molar refractivity (Wildman–Crippen MR) is 117 cm³/mol. The number of rotatable bonds is 0. The van der Waals surface area contributed by atoms with E-state index in [2.05, 4.69) is 53.5 Å². The maximum absolute atomic E-state index is 3.36. The molecule has 3 aliphatic carbocycles. The van der Waals surface area contributed by atoms with Gasteiger partial charge in [-0.3, -0.25) is 0 Å². The van der Waals surface area contributed by atoms with E-state index in [-0.39, 0.29) is 1.43 Å². The van der Waals surface area contributed by atoms with E-state index in [1.807, 2.05) is 12.5 Å². The predicted octanol–water partition coefficient (Wildman–Crippen LogP) is 8.61. The highest BCUT2D eigenvalue weighted by atomic mass is 14.5. The number of fused-ring (bicyclic) bond motifs is 4. The molecule has 0 aliphatic heterocycles. The normalized spacial score (nSPS) is 40.2. The highest BCUT2D eigenvalue weighted by Crippen LogP contribution is 2.58. The number of hydrogen-bond acceptors (Lipinski definition) is 0. The van der Waals surface area contributed by atoms with Gasteiger partial charge in [-0.15, -0.1) is 19.7 Å². The molecule has 0 nitrogen and oxygen atoms in total. The Morgan fingerprint density at radius 2 is 1.72 bits per heavy atom. The van der Waals surface area contributed by atoms with Gasteiger partial charge in [-0.05, 0) is 74.0 Å². The minimum Gasteiger partial charge on any atom is -0.106 e. The monoisotopic (exact) mass is 346 g/mol. The van der Waals surface area contributed by atoms with Crippen LogP contribution in [0.25, 0.3) is 0 Å². The average Bonchev–Trinajstić information content (AvgIpc) is 2.70. The topological polar surface area (TPSA) is 0 Å². The van der Waals surface area contributed by atoms with Gasteiger partial charge in [-0.25, -0.2) is 0 Å². The summed E-state index contributed by atoms with van der Waals surface area (Å²) in [6.07, 6.45) is 17.5. The first kappa shape index (κ1) is 22.3. The minimum absolute atomic E-state index is 0. The summed E-state index contributed by atoms with van der Waals surface area (Å²) in [5.41, 5.74) is 2.96. The molecule has 0 spiro atoms. The van der Waals surface area contributed by atoms with Crippen LogP contribution in [-0.2, 0) is 0 Å². The van der Waals surface area contributed by atoms with Crippen LogP contribution in [0.4, 0.5) is 0 Å². The maximum atomic E-state index is 3.36. The summed E-state index contributed by atoms with van der Waals surface area (Å²) >= 11 is 0. The smallest absolute Gasteiger partial charge is 0 e. The molecule has 0 heterocycles. The molecule has 0 aromatic carbocycles. The van der Waals surface area contributed by atoms with Crippen molar-refractivity contribution in [1.82, 2.24) is 0 Å². The third-order valence-electron chi connectivity index (χ3n) is 7.52. The molecule has 146 valence electrons. The Hall–Kier alpha value is -0.780. The third-order valence-corrected chi connectivity index (χ3v) is 7.52. The molecule has 0 saturated heterocycles. The molecule has 2 fully saturated rings. The summed E-state index contributed by atoms with van der Waals surface area (Å²) in [6.45, 7) is 21.5. The lowest BCUT2D eigenvalue weighted by Crippen LogP contribution is -2.37. The number of hydrogen-bond donors (Lipinski definition) is 0. The van der Waals surface area contributed by atoms with Gasteiger partial charge in [0.25, 0.3) is 0 Å². The molecule has 5 unspecified atom stereocenters. The molecule has 5 atom stereocenters. The fourth-order valence-corrected chi connectivity index (χ4v) is 5.44. The van der Waals surface area contributed by atoms with Crippen LogP contribution in [0.5, 0.6) is 0 Å². The molecule has 3 aliphatic rings. The standard InChI is InChI=1S/C20H34.C3H6.C2H4.H2/c1-15-9-12-20(4)17(13-15)10-11-19(3)14-18(20)8-6-5-7-16(19)2;1-3-2;1-2;/h10,15-16,18H,5-9,11-14H2,1-4H3;3H,1H2,2H3;1-2H2;1H. The Labute approximate surface area is 160 Å². The van der Waals surface area contributed by atoms with Crippen LogP contribution >= 0.6 is 0 Å². The molecule has 0 N–H and O–H groups in total. The van der Waals surface area contributed by atoms with Crippen molar-refractivity contribution in [2.45, 2.75) is 92.4 Å². The molecule has 0 radical (unpaired) electrons. The zero-order valence-corrected chi connectivity index (χ0v) is 17.9. The first-order chi connectivity index (χ1) is 11.9. The molecular formula is C25H46. The van der Waals surface area contributed by atoms with E-state index in [0.717, 1.165) is 17.8 Å². The van der Waals surface area contributed by atoms with E-state index >= 15 is 0 Å². The Kier molecular flexibility index (Phi) is 8.72. The fraction of sp³-hybridized carbons (Fsp3) is 0.760. The summed E-state index contributed by atoms with van der Waals surface area (Å²) in [5.74, 6) is 2.78. The van der Waals surface area contributed by atoms with Gasteiger partial charge >= 0.3 is 0 Å². The van der Waals surface area contributed by atoms with E-state index in [1.165, 1.54) is 57.8 Å². The Morgan fingerprint density at radius 1 is 1.12 bits per heavy atom. The van der Waals surface area contributed by atoms with E-state index in [0.29, 0.717) is 10.8 Å². The summed E-state index contributed by atoms with van der Waals surface area (Å²) in [4.78, 5) is 0. The second kappa shape index (κ2) is 9.79. The fourth-order valence-electron chi connectivity index (χ4n) is 5.44. The van der Waals surface area contributed by atoms with Crippen LogP contribution in [0.1, 0.15) is 93.8 Å². The lowest BCUT2D eigenvalue weighted by molar-refractivity contribution is 0.0654. The third kappa shape index (κ3) is 5.11. The van der Waals surface area contributed by atoms with Gasteiger partial charge in [0.05, 0.1) is 0 Å². The van der Waals surface area contributed by atoms with Gasteiger partial charge in [0.2, 0.25) is 0 Å². The van der Waals surface area contributed by atoms with Crippen molar-refractivity contribution < 1.29 is 1.43 Å². The Balaban J connectivity index is 0.000000949. The van der Waals surface area contributed by atoms with Crippen LogP contribution < -0.4 is 0 Å². The van der Waals surface area contributed by atoms with Crippen LogP contribution in [0.3, 0.4) is 0 Å². The molecular weight excluding hydrogens is 300 g/mol. The zero-order valence-electron chi connectivity index (χ0n) is 17.9. The van der Waals surface area contributed by atoms with Crippen molar-refractivity contribution >= 4 is 0 Å². The lowest BCUT2D eigenvalue weighted by Gasteiger charge is -2.47. The molecule has 3 rings (SSSR count). The van der Waals surface area contributed by atoms with E-state index in [9.17, 15) is 0 Å². The van der Waals surface area contributed by atoms with Crippen LogP contribution in [0.15, 0.2) is 37.5 Å². The van der Waals surface area contributed by atoms with E-state index in [1.54, 1.807) is 6.08 Å². The lowest BCUT2D eigenvalue weighted by atomic mass is 9.57. The average molecular weight is 347 g/mol. The summed E-state index contributed by atoms with van der Waals surface area (Å²) < 4.78 is 0. The second-order valence-corrected chi connectivity index (χ2v) is 9.35. The van der Waals surface area contributed by atoms with Crippen molar-refractivity contribution in [2.24, 2.45) is 28.6 Å². The summed E-state index contributed by atoms with van der Waals surface area (Å²) in [5, 5.41) is 0. The first-order valence-corrected chi connectivity index (χ1v) is 10.6. The molecule has 2 bridgehead atoms. The van der Waals surface area contributed by atoms with Crippen LogP contribution in [0.2, 0.25) is 0 Å². The molecule has 25 heavy (non-hydrogen) atoms. The largest absolute Gasteiger partial charge is 0.106 e. The molecule has 2 saturated carbocycles. The van der Waals surface area contributed by atoms with Gasteiger partial charge in [-0.1, -0.05) is 64.7 Å². The zero-order chi connectivity index (χ0) is 19.1. The minimum atomic E-state index is 0. The highest BCUT2D eigenvalue weighted by Gasteiger charge is 2.47.